The number of halogens is 2. The Balaban J connectivity index is 1.90. The molecule has 2 nitrogen and oxygen atoms in total. The lowest BCUT2D eigenvalue weighted by Gasteiger charge is -2.23. The van der Waals surface area contributed by atoms with Gasteiger partial charge in [-0.1, -0.05) is 24.4 Å². The summed E-state index contributed by atoms with van der Waals surface area (Å²) in [5.74, 6) is 2.03. The number of fused-ring (bicyclic) bond motifs is 1. The van der Waals surface area contributed by atoms with Crippen LogP contribution < -0.4 is 9.47 Å². The molecule has 0 spiro atoms. The van der Waals surface area contributed by atoms with Gasteiger partial charge in [-0.3, -0.25) is 0 Å². The molecule has 1 aromatic rings. The smallest absolute Gasteiger partial charge is 0.162 e. The van der Waals surface area contributed by atoms with Gasteiger partial charge in [0.1, 0.15) is 13.2 Å². The van der Waals surface area contributed by atoms with E-state index in [2.05, 4.69) is 0 Å². The molecule has 1 aliphatic heterocycles. The largest absolute Gasteiger partial charge is 0.486 e. The van der Waals surface area contributed by atoms with Crippen molar-refractivity contribution in [3.05, 3.63) is 22.7 Å². The fourth-order valence-corrected chi connectivity index (χ4v) is 3.55. The molecule has 0 amide bonds. The van der Waals surface area contributed by atoms with Crippen molar-refractivity contribution >= 4 is 23.2 Å². The number of hydrogen-bond donors (Lipinski definition) is 0. The van der Waals surface area contributed by atoms with Gasteiger partial charge < -0.3 is 9.47 Å². The van der Waals surface area contributed by atoms with Crippen LogP contribution in [0.5, 0.6) is 11.5 Å². The molecule has 1 aromatic carbocycles. The molecule has 0 bridgehead atoms. The summed E-state index contributed by atoms with van der Waals surface area (Å²) < 4.78 is 11.1. The number of ether oxygens (including phenoxy) is 2. The first-order valence-electron chi connectivity index (χ1n) is 6.49. The Morgan fingerprint density at radius 2 is 1.67 bits per heavy atom. The van der Waals surface area contributed by atoms with Crippen LogP contribution in [0.4, 0.5) is 0 Å². The topological polar surface area (TPSA) is 18.5 Å². The molecule has 0 N–H and O–H groups in total. The van der Waals surface area contributed by atoms with Crippen molar-refractivity contribution in [2.75, 3.05) is 13.2 Å². The number of benzene rings is 1. The van der Waals surface area contributed by atoms with Crippen LogP contribution in [0.25, 0.3) is 0 Å². The van der Waals surface area contributed by atoms with Crippen LogP contribution in [0.2, 0.25) is 5.02 Å². The zero-order chi connectivity index (χ0) is 12.5. The van der Waals surface area contributed by atoms with Crippen LogP contribution in [0.1, 0.15) is 36.6 Å². The van der Waals surface area contributed by atoms with Gasteiger partial charge in [0, 0.05) is 11.1 Å². The average Bonchev–Trinajstić information content (AvgIpc) is 2.91. The third-order valence-electron chi connectivity index (χ3n) is 3.77. The third kappa shape index (κ3) is 2.28. The number of hydrogen-bond acceptors (Lipinski definition) is 2. The second-order valence-electron chi connectivity index (χ2n) is 4.96. The Hall–Kier alpha value is -0.600. The molecule has 18 heavy (non-hydrogen) atoms. The van der Waals surface area contributed by atoms with Gasteiger partial charge in [-0.05, 0) is 30.4 Å². The first-order valence-corrected chi connectivity index (χ1v) is 7.30. The molecule has 1 saturated carbocycles. The molecular weight excluding hydrogens is 271 g/mol. The van der Waals surface area contributed by atoms with E-state index < -0.39 is 0 Å². The molecule has 0 radical (unpaired) electrons. The predicted molar refractivity (Wildman–Crippen MR) is 73.0 cm³/mol. The Morgan fingerprint density at radius 3 is 2.33 bits per heavy atom. The number of alkyl halides is 1. The van der Waals surface area contributed by atoms with Gasteiger partial charge in [0.05, 0.1) is 5.38 Å². The van der Waals surface area contributed by atoms with Crippen LogP contribution in [-0.4, -0.2) is 13.2 Å². The van der Waals surface area contributed by atoms with E-state index in [1.54, 1.807) is 0 Å². The zero-order valence-corrected chi connectivity index (χ0v) is 11.6. The summed E-state index contributed by atoms with van der Waals surface area (Å²) >= 11 is 12.9. The maximum Gasteiger partial charge on any atom is 0.162 e. The van der Waals surface area contributed by atoms with Gasteiger partial charge in [0.15, 0.2) is 11.5 Å². The van der Waals surface area contributed by atoms with Crippen LogP contribution in [0, 0.1) is 5.92 Å². The molecule has 1 aliphatic carbocycles. The predicted octanol–water partition coefficient (Wildman–Crippen LogP) is 4.58. The summed E-state index contributed by atoms with van der Waals surface area (Å²) in [5, 5.41) is 0.668. The fourth-order valence-electron chi connectivity index (χ4n) is 2.80. The highest BCUT2D eigenvalue weighted by molar-refractivity contribution is 6.33. The Labute approximate surface area is 117 Å². The normalized spacial score (nSPS) is 21.0. The van der Waals surface area contributed by atoms with E-state index in [1.807, 2.05) is 12.1 Å². The second-order valence-corrected chi connectivity index (χ2v) is 5.84. The summed E-state index contributed by atoms with van der Waals surface area (Å²) in [6.45, 7) is 1.17. The van der Waals surface area contributed by atoms with Crippen molar-refractivity contribution in [1.82, 2.24) is 0 Å². The molecule has 1 heterocycles. The summed E-state index contributed by atoms with van der Waals surface area (Å²) in [4.78, 5) is 0. The van der Waals surface area contributed by atoms with E-state index in [-0.39, 0.29) is 5.38 Å². The lowest BCUT2D eigenvalue weighted by molar-refractivity contribution is 0.171. The SMILES string of the molecule is Clc1cc2c(cc1C(Cl)C1CCCC1)OCCO2. The molecule has 3 rings (SSSR count). The van der Waals surface area contributed by atoms with Crippen molar-refractivity contribution in [3.8, 4) is 11.5 Å². The molecule has 4 heteroatoms. The van der Waals surface area contributed by atoms with Gasteiger partial charge in [-0.25, -0.2) is 0 Å². The van der Waals surface area contributed by atoms with Gasteiger partial charge in [0.2, 0.25) is 0 Å². The van der Waals surface area contributed by atoms with Crippen molar-refractivity contribution in [2.45, 2.75) is 31.1 Å². The molecular formula is C14H16Cl2O2. The first kappa shape index (κ1) is 12.4. The van der Waals surface area contributed by atoms with E-state index in [1.165, 1.54) is 25.7 Å². The van der Waals surface area contributed by atoms with Crippen molar-refractivity contribution < 1.29 is 9.47 Å². The first-order chi connectivity index (χ1) is 8.75. The number of rotatable bonds is 2. The summed E-state index contributed by atoms with van der Waals surface area (Å²) in [7, 11) is 0. The fraction of sp³-hybridized carbons (Fsp3) is 0.571. The Morgan fingerprint density at radius 1 is 1.06 bits per heavy atom. The highest BCUT2D eigenvalue weighted by Gasteiger charge is 2.27. The lowest BCUT2D eigenvalue weighted by atomic mass is 9.97. The van der Waals surface area contributed by atoms with Crippen molar-refractivity contribution in [3.63, 3.8) is 0 Å². The molecule has 98 valence electrons. The Kier molecular flexibility index (Phi) is 3.58. The third-order valence-corrected chi connectivity index (χ3v) is 4.69. The molecule has 1 fully saturated rings. The summed E-state index contributed by atoms with van der Waals surface area (Å²) in [5.41, 5.74) is 0.981. The van der Waals surface area contributed by atoms with Crippen LogP contribution >= 0.6 is 23.2 Å². The van der Waals surface area contributed by atoms with Gasteiger partial charge >= 0.3 is 0 Å². The highest BCUT2D eigenvalue weighted by atomic mass is 35.5. The van der Waals surface area contributed by atoms with Gasteiger partial charge in [0.25, 0.3) is 0 Å². The minimum atomic E-state index is -0.0178. The molecule has 1 unspecified atom stereocenters. The molecule has 0 saturated heterocycles. The van der Waals surface area contributed by atoms with E-state index in [4.69, 9.17) is 32.7 Å². The maximum absolute atomic E-state index is 6.58. The molecule has 0 aromatic heterocycles. The maximum atomic E-state index is 6.58. The minimum absolute atomic E-state index is 0.0178. The minimum Gasteiger partial charge on any atom is -0.486 e. The zero-order valence-electron chi connectivity index (χ0n) is 10.1. The average molecular weight is 287 g/mol. The summed E-state index contributed by atoms with van der Waals surface area (Å²) in [6, 6.07) is 3.78. The molecule has 2 aliphatic rings. The van der Waals surface area contributed by atoms with Gasteiger partial charge in [-0.15, -0.1) is 11.6 Å². The summed E-state index contributed by atoms with van der Waals surface area (Å²) in [6.07, 6.45) is 4.93. The highest BCUT2D eigenvalue weighted by Crippen LogP contribution is 2.45. The van der Waals surface area contributed by atoms with Crippen LogP contribution in [-0.2, 0) is 0 Å². The van der Waals surface area contributed by atoms with Crippen molar-refractivity contribution in [1.29, 1.82) is 0 Å². The molecule has 1 atom stereocenters. The van der Waals surface area contributed by atoms with Gasteiger partial charge in [-0.2, -0.15) is 0 Å². The quantitative estimate of drug-likeness (QED) is 0.741. The van der Waals surface area contributed by atoms with E-state index in [0.29, 0.717) is 24.2 Å². The Bertz CT molecular complexity index is 442. The standard InChI is InChI=1S/C14H16Cl2O2/c15-11-8-13-12(17-5-6-18-13)7-10(11)14(16)9-3-1-2-4-9/h7-9,14H,1-6H2. The van der Waals surface area contributed by atoms with E-state index in [9.17, 15) is 0 Å². The monoisotopic (exact) mass is 286 g/mol. The lowest BCUT2D eigenvalue weighted by Crippen LogP contribution is -2.16. The second kappa shape index (κ2) is 5.18. The van der Waals surface area contributed by atoms with E-state index >= 15 is 0 Å². The van der Waals surface area contributed by atoms with Crippen molar-refractivity contribution in [2.24, 2.45) is 5.92 Å². The van der Waals surface area contributed by atoms with Crippen LogP contribution in [0.3, 0.4) is 0 Å². The van der Waals surface area contributed by atoms with Crippen LogP contribution in [0.15, 0.2) is 12.1 Å². The van der Waals surface area contributed by atoms with E-state index in [0.717, 1.165) is 17.1 Å².